The lowest BCUT2D eigenvalue weighted by Gasteiger charge is -2.22. The molecule has 4 nitrogen and oxygen atoms in total. The smallest absolute Gasteiger partial charge is 0.144 e. The third kappa shape index (κ3) is 4.74. The summed E-state index contributed by atoms with van der Waals surface area (Å²) in [7, 11) is 0. The molecule has 1 rings (SSSR count). The first-order valence-electron chi connectivity index (χ1n) is 6.24. The number of benzene rings is 1. The Morgan fingerprint density at radius 1 is 1.47 bits per heavy atom. The molecule has 0 aliphatic heterocycles. The van der Waals surface area contributed by atoms with Crippen LogP contribution in [0.4, 0.5) is 0 Å². The van der Waals surface area contributed by atoms with Crippen LogP contribution in [0, 0.1) is 12.3 Å². The maximum Gasteiger partial charge on any atom is 0.144 e. The second kappa shape index (κ2) is 6.80. The highest BCUT2D eigenvalue weighted by Gasteiger charge is 2.22. The van der Waals surface area contributed by atoms with Crippen molar-refractivity contribution in [2.75, 3.05) is 6.61 Å². The second-order valence-electron chi connectivity index (χ2n) is 5.26. The third-order valence-corrected chi connectivity index (χ3v) is 3.71. The standard InChI is InChI=1S/C14H21BrN2O2/c1-10-5-6-12(11(15)9-10)19-8-4-7-14(2,3)13(16)17-18/h5-6,9,18H,4,7-8H2,1-3H3,(H2,16,17). The van der Waals surface area contributed by atoms with Crippen molar-refractivity contribution >= 4 is 21.8 Å². The van der Waals surface area contributed by atoms with Crippen molar-refractivity contribution in [1.82, 2.24) is 0 Å². The second-order valence-corrected chi connectivity index (χ2v) is 6.11. The summed E-state index contributed by atoms with van der Waals surface area (Å²) in [5.41, 5.74) is 6.51. The molecule has 0 heterocycles. The molecule has 0 aliphatic rings. The average Bonchev–Trinajstić information content (AvgIpc) is 2.35. The van der Waals surface area contributed by atoms with Crippen molar-refractivity contribution in [3.05, 3.63) is 28.2 Å². The summed E-state index contributed by atoms with van der Waals surface area (Å²) in [6.45, 7) is 6.53. The molecular formula is C14H21BrN2O2. The highest BCUT2D eigenvalue weighted by Crippen LogP contribution is 2.27. The van der Waals surface area contributed by atoms with Gasteiger partial charge in [0.15, 0.2) is 0 Å². The molecule has 19 heavy (non-hydrogen) atoms. The van der Waals surface area contributed by atoms with Crippen molar-refractivity contribution in [2.45, 2.75) is 33.6 Å². The molecule has 0 saturated carbocycles. The van der Waals surface area contributed by atoms with Crippen LogP contribution >= 0.6 is 15.9 Å². The van der Waals surface area contributed by atoms with Crippen LogP contribution in [0.5, 0.6) is 5.75 Å². The summed E-state index contributed by atoms with van der Waals surface area (Å²) in [6.07, 6.45) is 1.63. The van der Waals surface area contributed by atoms with Gasteiger partial charge in [-0.2, -0.15) is 0 Å². The maximum atomic E-state index is 8.69. The highest BCUT2D eigenvalue weighted by atomic mass is 79.9. The van der Waals surface area contributed by atoms with E-state index in [-0.39, 0.29) is 11.3 Å². The van der Waals surface area contributed by atoms with E-state index in [2.05, 4.69) is 21.1 Å². The molecule has 0 unspecified atom stereocenters. The zero-order chi connectivity index (χ0) is 14.5. The zero-order valence-corrected chi connectivity index (χ0v) is 13.2. The van der Waals surface area contributed by atoms with Gasteiger partial charge < -0.3 is 15.7 Å². The minimum absolute atomic E-state index is 0.254. The summed E-state index contributed by atoms with van der Waals surface area (Å²) in [5.74, 6) is 1.09. The SMILES string of the molecule is Cc1ccc(OCCCC(C)(C)C(N)=NO)c(Br)c1. The summed E-state index contributed by atoms with van der Waals surface area (Å²) in [5, 5.41) is 11.8. The molecule has 5 heteroatoms. The predicted molar refractivity (Wildman–Crippen MR) is 80.8 cm³/mol. The molecule has 0 bridgehead atoms. The van der Waals surface area contributed by atoms with Gasteiger partial charge >= 0.3 is 0 Å². The van der Waals surface area contributed by atoms with Gasteiger partial charge in [0.25, 0.3) is 0 Å². The van der Waals surface area contributed by atoms with E-state index >= 15 is 0 Å². The van der Waals surface area contributed by atoms with Crippen LogP contribution in [0.25, 0.3) is 0 Å². The zero-order valence-electron chi connectivity index (χ0n) is 11.6. The first-order chi connectivity index (χ1) is 8.86. The van der Waals surface area contributed by atoms with Crippen LogP contribution in [0.15, 0.2) is 27.8 Å². The molecule has 0 atom stereocenters. The summed E-state index contributed by atoms with van der Waals surface area (Å²) in [4.78, 5) is 0. The number of ether oxygens (including phenoxy) is 1. The Kier molecular flexibility index (Phi) is 5.66. The van der Waals surface area contributed by atoms with Crippen LogP contribution in [0.3, 0.4) is 0 Å². The summed E-state index contributed by atoms with van der Waals surface area (Å²) in [6, 6.07) is 5.99. The van der Waals surface area contributed by atoms with Gasteiger partial charge in [-0.15, -0.1) is 0 Å². The van der Waals surface area contributed by atoms with Gasteiger partial charge in [-0.3, -0.25) is 0 Å². The van der Waals surface area contributed by atoms with Gasteiger partial charge in [-0.05, 0) is 53.4 Å². The molecular weight excluding hydrogens is 308 g/mol. The van der Waals surface area contributed by atoms with E-state index in [0.29, 0.717) is 6.61 Å². The molecule has 0 fully saturated rings. The van der Waals surface area contributed by atoms with Gasteiger partial charge in [0.2, 0.25) is 0 Å². The summed E-state index contributed by atoms with van der Waals surface area (Å²) < 4.78 is 6.67. The van der Waals surface area contributed by atoms with Crippen LogP contribution in [0.1, 0.15) is 32.3 Å². The van der Waals surface area contributed by atoms with E-state index in [9.17, 15) is 0 Å². The Morgan fingerprint density at radius 2 is 2.16 bits per heavy atom. The molecule has 1 aromatic carbocycles. The third-order valence-electron chi connectivity index (χ3n) is 3.09. The number of hydrogen-bond donors (Lipinski definition) is 2. The van der Waals surface area contributed by atoms with Crippen molar-refractivity contribution in [1.29, 1.82) is 0 Å². The van der Waals surface area contributed by atoms with Crippen molar-refractivity contribution in [3.63, 3.8) is 0 Å². The number of hydrogen-bond acceptors (Lipinski definition) is 3. The van der Waals surface area contributed by atoms with E-state index in [0.717, 1.165) is 23.1 Å². The molecule has 0 saturated heterocycles. The summed E-state index contributed by atoms with van der Waals surface area (Å²) >= 11 is 3.48. The van der Waals surface area contributed by atoms with Gasteiger partial charge in [0, 0.05) is 5.41 Å². The maximum absolute atomic E-state index is 8.69. The average molecular weight is 329 g/mol. The number of oxime groups is 1. The lowest BCUT2D eigenvalue weighted by atomic mass is 9.87. The number of halogens is 1. The Morgan fingerprint density at radius 3 is 2.74 bits per heavy atom. The lowest BCUT2D eigenvalue weighted by molar-refractivity contribution is 0.276. The minimum Gasteiger partial charge on any atom is -0.492 e. The van der Waals surface area contributed by atoms with Crippen molar-refractivity contribution in [3.8, 4) is 5.75 Å². The molecule has 0 amide bonds. The first-order valence-corrected chi connectivity index (χ1v) is 7.03. The molecule has 0 radical (unpaired) electrons. The normalized spacial score (nSPS) is 12.5. The van der Waals surface area contributed by atoms with E-state index in [1.54, 1.807) is 0 Å². The van der Waals surface area contributed by atoms with Crippen molar-refractivity contribution in [2.24, 2.45) is 16.3 Å². The topological polar surface area (TPSA) is 67.8 Å². The Labute approximate surface area is 122 Å². The first kappa shape index (κ1) is 15.8. The van der Waals surface area contributed by atoms with E-state index < -0.39 is 0 Å². The van der Waals surface area contributed by atoms with Crippen LogP contribution in [-0.2, 0) is 0 Å². The highest BCUT2D eigenvalue weighted by molar-refractivity contribution is 9.10. The Bertz CT molecular complexity index is 459. The monoisotopic (exact) mass is 328 g/mol. The lowest BCUT2D eigenvalue weighted by Crippen LogP contribution is -2.32. The molecule has 1 aromatic rings. The van der Waals surface area contributed by atoms with Gasteiger partial charge in [-0.25, -0.2) is 0 Å². The van der Waals surface area contributed by atoms with Crippen molar-refractivity contribution < 1.29 is 9.94 Å². The predicted octanol–water partition coefficient (Wildman–Crippen LogP) is 3.69. The Balaban J connectivity index is 2.43. The molecule has 0 spiro atoms. The molecule has 0 aromatic heterocycles. The molecule has 0 aliphatic carbocycles. The van der Waals surface area contributed by atoms with Gasteiger partial charge in [-0.1, -0.05) is 25.1 Å². The van der Waals surface area contributed by atoms with Crippen LogP contribution in [0.2, 0.25) is 0 Å². The number of rotatable bonds is 6. The van der Waals surface area contributed by atoms with Crippen LogP contribution < -0.4 is 10.5 Å². The molecule has 3 N–H and O–H groups in total. The minimum atomic E-state index is -0.317. The largest absolute Gasteiger partial charge is 0.492 e. The number of amidine groups is 1. The fourth-order valence-corrected chi connectivity index (χ4v) is 2.29. The van der Waals surface area contributed by atoms with Crippen LogP contribution in [-0.4, -0.2) is 17.6 Å². The number of nitrogens with zero attached hydrogens (tertiary/aromatic N) is 1. The number of aryl methyl sites for hydroxylation is 1. The Hall–Kier alpha value is -1.23. The van der Waals surface area contributed by atoms with Gasteiger partial charge in [0.05, 0.1) is 11.1 Å². The fourth-order valence-electron chi connectivity index (χ4n) is 1.68. The fraction of sp³-hybridized carbons (Fsp3) is 0.500. The van der Waals surface area contributed by atoms with E-state index in [1.807, 2.05) is 39.0 Å². The van der Waals surface area contributed by atoms with Gasteiger partial charge in [0.1, 0.15) is 11.6 Å². The number of nitrogens with two attached hydrogens (primary N) is 1. The van der Waals surface area contributed by atoms with E-state index in [4.69, 9.17) is 15.7 Å². The molecule has 106 valence electrons. The van der Waals surface area contributed by atoms with E-state index in [1.165, 1.54) is 5.56 Å². The quantitative estimate of drug-likeness (QED) is 0.275.